The zero-order valence-electron chi connectivity index (χ0n) is 19.4. The van der Waals surface area contributed by atoms with Crippen LogP contribution in [-0.4, -0.2) is 37.3 Å². The normalized spacial score (nSPS) is 14.8. The van der Waals surface area contributed by atoms with Crippen LogP contribution in [0.4, 0.5) is 0 Å². The summed E-state index contributed by atoms with van der Waals surface area (Å²) in [5.74, 6) is 0. The summed E-state index contributed by atoms with van der Waals surface area (Å²) >= 11 is 1.12. The molecule has 0 radical (unpaired) electrons. The van der Waals surface area contributed by atoms with Crippen LogP contribution in [0.25, 0.3) is 0 Å². The van der Waals surface area contributed by atoms with Gasteiger partial charge in [-0.2, -0.15) is 0 Å². The smallest absolute Gasteiger partial charge is 0.756 e. The fraction of sp³-hybridized carbons (Fsp3) is 0.950. The third kappa shape index (κ3) is 21.7. The molecule has 9 heteroatoms. The van der Waals surface area contributed by atoms with E-state index in [4.69, 9.17) is 9.26 Å². The third-order valence-corrected chi connectivity index (χ3v) is 6.21. The van der Waals surface area contributed by atoms with Crippen molar-refractivity contribution in [3.05, 3.63) is 0 Å². The van der Waals surface area contributed by atoms with Gasteiger partial charge in [0.15, 0.2) is 5.12 Å². The predicted octanol–water partition coefficient (Wildman–Crippen LogP) is 2.34. The van der Waals surface area contributed by atoms with Crippen molar-refractivity contribution in [1.29, 1.82) is 0 Å². The van der Waals surface area contributed by atoms with Crippen molar-refractivity contribution in [3.8, 4) is 0 Å². The largest absolute Gasteiger partial charge is 1.00 e. The summed E-state index contributed by atoms with van der Waals surface area (Å²) < 4.78 is 26.3. The van der Waals surface area contributed by atoms with Crippen molar-refractivity contribution >= 4 is 24.7 Å². The summed E-state index contributed by atoms with van der Waals surface area (Å²) in [6.45, 7) is 9.29. The number of unbranched alkanes of at least 4 members (excludes halogenated alkanes) is 6. The molecule has 0 aliphatic rings. The Hall–Kier alpha value is 0.687. The van der Waals surface area contributed by atoms with Gasteiger partial charge in [-0.15, -0.1) is 0 Å². The van der Waals surface area contributed by atoms with E-state index in [-0.39, 0.29) is 47.9 Å². The SMILES string of the molecule is CCCCCCCCCC(=O)S[C@H](COCCC(C)(C)C)COP(=O)([O-])OC.[Li+]. The van der Waals surface area contributed by atoms with E-state index in [9.17, 15) is 14.3 Å². The Kier molecular flexibility index (Phi) is 20.1. The number of phosphoric ester groups is 1. The van der Waals surface area contributed by atoms with E-state index in [1.165, 1.54) is 25.7 Å². The van der Waals surface area contributed by atoms with Gasteiger partial charge in [0, 0.05) is 20.1 Å². The Bertz CT molecular complexity index is 459. The average molecular weight is 447 g/mol. The van der Waals surface area contributed by atoms with Crippen molar-refractivity contribution in [1.82, 2.24) is 0 Å². The Morgan fingerprint density at radius 1 is 1.07 bits per heavy atom. The van der Waals surface area contributed by atoms with Crippen LogP contribution in [0.2, 0.25) is 0 Å². The maximum Gasteiger partial charge on any atom is 1.00 e. The standard InChI is InChI=1S/C20H41O6PS.Li/c1-6-7-8-9-10-11-12-13-19(21)28-18(17-26-27(22,23)24-5)16-25-15-14-20(2,3)4;/h18H,6-17H2,1-5H3,(H,22,23);/q;+1/p-1/t18-;/m1./s1. The molecule has 0 spiro atoms. The second-order valence-electron chi connectivity index (χ2n) is 8.29. The first-order valence-electron chi connectivity index (χ1n) is 10.4. The number of carbonyl (C=O) groups excluding carboxylic acids is 1. The van der Waals surface area contributed by atoms with Gasteiger partial charge in [-0.1, -0.05) is 78.0 Å². The van der Waals surface area contributed by atoms with Gasteiger partial charge < -0.3 is 18.7 Å². The molecule has 0 aromatic heterocycles. The Labute approximate surface area is 194 Å². The molecule has 0 fully saturated rings. The predicted molar refractivity (Wildman–Crippen MR) is 114 cm³/mol. The second kappa shape index (κ2) is 18.3. The number of rotatable bonds is 17. The van der Waals surface area contributed by atoms with E-state index >= 15 is 0 Å². The molecule has 0 heterocycles. The molecule has 0 bridgehead atoms. The quantitative estimate of drug-likeness (QED) is 0.193. The molecule has 168 valence electrons. The van der Waals surface area contributed by atoms with Gasteiger partial charge in [0.1, 0.15) is 0 Å². The second-order valence-corrected chi connectivity index (χ2v) is 11.2. The number of ether oxygens (including phenoxy) is 1. The molecule has 2 atom stereocenters. The van der Waals surface area contributed by atoms with E-state index in [1.807, 2.05) is 0 Å². The fourth-order valence-electron chi connectivity index (χ4n) is 2.41. The topological polar surface area (TPSA) is 84.9 Å². The summed E-state index contributed by atoms with van der Waals surface area (Å²) in [5, 5.41) is -0.311. The van der Waals surface area contributed by atoms with Gasteiger partial charge in [0.2, 0.25) is 0 Å². The van der Waals surface area contributed by atoms with E-state index in [0.29, 0.717) is 13.0 Å². The molecule has 0 aliphatic heterocycles. The molecule has 0 amide bonds. The number of carbonyl (C=O) groups is 1. The molecule has 1 unspecified atom stereocenters. The van der Waals surface area contributed by atoms with Gasteiger partial charge in [0.25, 0.3) is 7.82 Å². The summed E-state index contributed by atoms with van der Waals surface area (Å²) in [7, 11) is -3.25. The first kappa shape index (κ1) is 31.9. The number of thioether (sulfide) groups is 1. The maximum atomic E-state index is 12.2. The van der Waals surface area contributed by atoms with Crippen LogP contribution in [0.3, 0.4) is 0 Å². The Morgan fingerprint density at radius 3 is 2.21 bits per heavy atom. The summed E-state index contributed by atoms with van der Waals surface area (Å²) in [4.78, 5) is 23.7. The number of hydrogen-bond acceptors (Lipinski definition) is 7. The van der Waals surface area contributed by atoms with Crippen LogP contribution < -0.4 is 23.8 Å². The van der Waals surface area contributed by atoms with Crippen molar-refractivity contribution < 1.29 is 46.9 Å². The average Bonchev–Trinajstić information content (AvgIpc) is 2.61. The van der Waals surface area contributed by atoms with Crippen LogP contribution >= 0.6 is 19.6 Å². The molecule has 0 saturated heterocycles. The minimum atomic E-state index is -4.31. The molecular formula is C20H40LiO6PS. The molecule has 0 rings (SSSR count). The molecule has 0 aromatic rings. The van der Waals surface area contributed by atoms with Crippen LogP contribution in [0.5, 0.6) is 0 Å². The van der Waals surface area contributed by atoms with E-state index in [1.54, 1.807) is 0 Å². The zero-order chi connectivity index (χ0) is 21.5. The number of hydrogen-bond donors (Lipinski definition) is 0. The van der Waals surface area contributed by atoms with Gasteiger partial charge in [0.05, 0.1) is 18.5 Å². The van der Waals surface area contributed by atoms with Crippen molar-refractivity contribution in [3.63, 3.8) is 0 Å². The molecule has 0 aliphatic carbocycles. The summed E-state index contributed by atoms with van der Waals surface area (Å²) in [6, 6.07) is 0. The first-order chi connectivity index (χ1) is 13.1. The minimum absolute atomic E-state index is 0. The van der Waals surface area contributed by atoms with Gasteiger partial charge in [-0.25, -0.2) is 0 Å². The van der Waals surface area contributed by atoms with Crippen LogP contribution in [0, 0.1) is 5.41 Å². The molecule has 0 N–H and O–H groups in total. The van der Waals surface area contributed by atoms with Gasteiger partial charge >= 0.3 is 18.9 Å². The van der Waals surface area contributed by atoms with Gasteiger partial charge in [-0.05, 0) is 18.3 Å². The molecule has 0 aromatic carbocycles. The summed E-state index contributed by atoms with van der Waals surface area (Å²) in [5.41, 5.74) is 0.160. The monoisotopic (exact) mass is 446 g/mol. The molecular weight excluding hydrogens is 406 g/mol. The molecule has 6 nitrogen and oxygen atoms in total. The van der Waals surface area contributed by atoms with Crippen molar-refractivity contribution in [2.45, 2.75) is 90.7 Å². The van der Waals surface area contributed by atoms with Crippen molar-refractivity contribution in [2.24, 2.45) is 5.41 Å². The van der Waals surface area contributed by atoms with Gasteiger partial charge in [-0.3, -0.25) is 9.36 Å². The summed E-state index contributed by atoms with van der Waals surface area (Å²) in [6.07, 6.45) is 9.46. The fourth-order valence-corrected chi connectivity index (χ4v) is 3.91. The maximum absolute atomic E-state index is 12.2. The third-order valence-electron chi connectivity index (χ3n) is 4.22. The van der Waals surface area contributed by atoms with Crippen molar-refractivity contribution in [2.75, 3.05) is 26.9 Å². The van der Waals surface area contributed by atoms with E-state index in [2.05, 4.69) is 32.2 Å². The zero-order valence-corrected chi connectivity index (χ0v) is 21.1. The molecule has 0 saturated carbocycles. The number of phosphoric acid groups is 1. The minimum Gasteiger partial charge on any atom is -0.756 e. The molecule has 29 heavy (non-hydrogen) atoms. The first-order valence-corrected chi connectivity index (χ1v) is 12.7. The van der Waals surface area contributed by atoms with E-state index < -0.39 is 7.82 Å². The van der Waals surface area contributed by atoms with Crippen LogP contribution in [0.1, 0.15) is 85.5 Å². The van der Waals surface area contributed by atoms with Crippen LogP contribution in [-0.2, 0) is 23.1 Å². The van der Waals surface area contributed by atoms with E-state index in [0.717, 1.165) is 44.6 Å². The Balaban J connectivity index is 0. The Morgan fingerprint density at radius 2 is 1.66 bits per heavy atom. The van der Waals surface area contributed by atoms with Crippen LogP contribution in [0.15, 0.2) is 0 Å².